The van der Waals surface area contributed by atoms with Crippen LogP contribution in [0.4, 0.5) is 0 Å². The molecule has 0 amide bonds. The van der Waals surface area contributed by atoms with Crippen LogP contribution in [0, 0.1) is 0 Å². The van der Waals surface area contributed by atoms with Crippen molar-refractivity contribution in [3.05, 3.63) is 53.7 Å². The zero-order valence-electron chi connectivity index (χ0n) is 12.3. The van der Waals surface area contributed by atoms with Crippen molar-refractivity contribution >= 4 is 10.9 Å². The van der Waals surface area contributed by atoms with Gasteiger partial charge in [-0.2, -0.15) is 0 Å². The zero-order valence-corrected chi connectivity index (χ0v) is 12.3. The minimum Gasteiger partial charge on any atom is -0.357 e. The fourth-order valence-corrected chi connectivity index (χ4v) is 3.40. The molecule has 21 heavy (non-hydrogen) atoms. The Bertz CT molecular complexity index is 768. The van der Waals surface area contributed by atoms with Gasteiger partial charge in [-0.25, -0.2) is 4.98 Å². The molecule has 2 aromatic heterocycles. The Balaban J connectivity index is 1.62. The van der Waals surface area contributed by atoms with E-state index in [1.54, 1.807) is 0 Å². The Labute approximate surface area is 124 Å². The van der Waals surface area contributed by atoms with Crippen LogP contribution in [0.25, 0.3) is 10.9 Å². The number of imidazole rings is 1. The fourth-order valence-electron chi connectivity index (χ4n) is 3.40. The SMILES string of the molecule is Cn1ccnc1CNC1CCCc2c1[nH]c1ccccc21. The number of aryl methyl sites for hydroxylation is 2. The minimum atomic E-state index is 0.401. The molecule has 0 saturated heterocycles. The predicted octanol–water partition coefficient (Wildman–Crippen LogP) is 3.07. The first kappa shape index (κ1) is 12.7. The Morgan fingerprint density at radius 3 is 3.14 bits per heavy atom. The van der Waals surface area contributed by atoms with Crippen LogP contribution < -0.4 is 5.32 Å². The smallest absolute Gasteiger partial charge is 0.122 e. The quantitative estimate of drug-likeness (QED) is 0.774. The molecule has 0 radical (unpaired) electrons. The van der Waals surface area contributed by atoms with Crippen LogP contribution in [-0.4, -0.2) is 14.5 Å². The van der Waals surface area contributed by atoms with Crippen molar-refractivity contribution in [1.82, 2.24) is 19.9 Å². The average Bonchev–Trinajstić information content (AvgIpc) is 3.09. The molecule has 0 aliphatic heterocycles. The van der Waals surface area contributed by atoms with Gasteiger partial charge in [0.15, 0.2) is 0 Å². The van der Waals surface area contributed by atoms with E-state index < -0.39 is 0 Å². The second-order valence-corrected chi connectivity index (χ2v) is 5.84. The number of hydrogen-bond donors (Lipinski definition) is 2. The Kier molecular flexibility index (Phi) is 3.04. The van der Waals surface area contributed by atoms with Crippen molar-refractivity contribution < 1.29 is 0 Å². The molecule has 1 atom stereocenters. The van der Waals surface area contributed by atoms with E-state index in [2.05, 4.69) is 44.1 Å². The highest BCUT2D eigenvalue weighted by atomic mass is 15.1. The maximum atomic E-state index is 4.39. The fraction of sp³-hybridized carbons (Fsp3) is 0.353. The van der Waals surface area contributed by atoms with E-state index in [4.69, 9.17) is 0 Å². The van der Waals surface area contributed by atoms with Crippen LogP contribution in [0.1, 0.15) is 36.0 Å². The number of hydrogen-bond acceptors (Lipinski definition) is 2. The molecule has 4 nitrogen and oxygen atoms in total. The number of fused-ring (bicyclic) bond motifs is 3. The number of rotatable bonds is 3. The maximum absolute atomic E-state index is 4.39. The molecule has 4 rings (SSSR count). The monoisotopic (exact) mass is 280 g/mol. The summed E-state index contributed by atoms with van der Waals surface area (Å²) in [7, 11) is 2.04. The summed E-state index contributed by atoms with van der Waals surface area (Å²) >= 11 is 0. The van der Waals surface area contributed by atoms with Gasteiger partial charge in [0.2, 0.25) is 0 Å². The van der Waals surface area contributed by atoms with E-state index in [1.165, 1.54) is 41.4 Å². The second-order valence-electron chi connectivity index (χ2n) is 5.84. The number of aromatic nitrogens is 3. The predicted molar refractivity (Wildman–Crippen MR) is 84.0 cm³/mol. The largest absolute Gasteiger partial charge is 0.357 e. The standard InChI is InChI=1S/C17H20N4/c1-21-10-9-18-16(21)11-19-15-8-4-6-13-12-5-2-3-7-14(12)20-17(13)15/h2-3,5,7,9-10,15,19-20H,4,6,8,11H2,1H3. The van der Waals surface area contributed by atoms with Crippen molar-refractivity contribution in [2.75, 3.05) is 0 Å². The summed E-state index contributed by atoms with van der Waals surface area (Å²) in [4.78, 5) is 8.01. The van der Waals surface area contributed by atoms with Gasteiger partial charge in [-0.3, -0.25) is 0 Å². The molecule has 3 aromatic rings. The molecule has 4 heteroatoms. The van der Waals surface area contributed by atoms with Crippen LogP contribution in [-0.2, 0) is 20.0 Å². The van der Waals surface area contributed by atoms with E-state index >= 15 is 0 Å². The minimum absolute atomic E-state index is 0.401. The molecule has 1 aliphatic carbocycles. The van der Waals surface area contributed by atoms with Gasteiger partial charge in [-0.05, 0) is 30.9 Å². The summed E-state index contributed by atoms with van der Waals surface area (Å²) in [6, 6.07) is 9.02. The third-order valence-corrected chi connectivity index (χ3v) is 4.54. The first-order chi connectivity index (χ1) is 10.3. The summed E-state index contributed by atoms with van der Waals surface area (Å²) in [5.74, 6) is 1.08. The van der Waals surface area contributed by atoms with Crippen LogP contribution in [0.3, 0.4) is 0 Å². The third kappa shape index (κ3) is 2.16. The normalized spacial score (nSPS) is 18.0. The van der Waals surface area contributed by atoms with E-state index in [0.717, 1.165) is 12.4 Å². The lowest BCUT2D eigenvalue weighted by atomic mass is 9.92. The molecule has 1 unspecified atom stereocenters. The summed E-state index contributed by atoms with van der Waals surface area (Å²) < 4.78 is 2.07. The van der Waals surface area contributed by atoms with Gasteiger partial charge in [0.05, 0.1) is 6.54 Å². The molecule has 1 aliphatic rings. The first-order valence-corrected chi connectivity index (χ1v) is 7.62. The van der Waals surface area contributed by atoms with Crippen LogP contribution in [0.15, 0.2) is 36.7 Å². The van der Waals surface area contributed by atoms with Crippen LogP contribution in [0.2, 0.25) is 0 Å². The molecule has 0 bridgehead atoms. The van der Waals surface area contributed by atoms with E-state index in [-0.39, 0.29) is 0 Å². The molecular formula is C17H20N4. The summed E-state index contributed by atoms with van der Waals surface area (Å²) in [5.41, 5.74) is 4.12. The van der Waals surface area contributed by atoms with Crippen molar-refractivity contribution in [2.45, 2.75) is 31.8 Å². The second kappa shape index (κ2) is 5.04. The highest BCUT2D eigenvalue weighted by molar-refractivity contribution is 5.85. The van der Waals surface area contributed by atoms with Gasteiger partial charge >= 0.3 is 0 Å². The van der Waals surface area contributed by atoms with Crippen molar-refractivity contribution in [3.63, 3.8) is 0 Å². The molecular weight excluding hydrogens is 260 g/mol. The molecule has 0 fully saturated rings. The van der Waals surface area contributed by atoms with Gasteiger partial charge in [0.1, 0.15) is 5.82 Å². The summed E-state index contributed by atoms with van der Waals surface area (Å²) in [5, 5.41) is 5.05. The lowest BCUT2D eigenvalue weighted by Crippen LogP contribution is -2.26. The molecule has 2 N–H and O–H groups in total. The number of H-pyrrole nitrogens is 1. The number of para-hydroxylation sites is 1. The topological polar surface area (TPSA) is 45.6 Å². The number of aromatic amines is 1. The van der Waals surface area contributed by atoms with Crippen molar-refractivity contribution in [3.8, 4) is 0 Å². The van der Waals surface area contributed by atoms with Crippen LogP contribution in [0.5, 0.6) is 0 Å². The Morgan fingerprint density at radius 2 is 2.29 bits per heavy atom. The van der Waals surface area contributed by atoms with E-state index in [9.17, 15) is 0 Å². The van der Waals surface area contributed by atoms with Gasteiger partial charge in [-0.15, -0.1) is 0 Å². The van der Waals surface area contributed by atoms with E-state index in [1.807, 2.05) is 19.4 Å². The molecule has 0 saturated carbocycles. The van der Waals surface area contributed by atoms with Gasteiger partial charge < -0.3 is 14.9 Å². The van der Waals surface area contributed by atoms with Gasteiger partial charge in [0.25, 0.3) is 0 Å². The number of benzene rings is 1. The Hall–Kier alpha value is -2.07. The highest BCUT2D eigenvalue weighted by Gasteiger charge is 2.23. The van der Waals surface area contributed by atoms with Crippen molar-refractivity contribution in [2.24, 2.45) is 7.05 Å². The van der Waals surface area contributed by atoms with Crippen LogP contribution >= 0.6 is 0 Å². The third-order valence-electron chi connectivity index (χ3n) is 4.54. The van der Waals surface area contributed by atoms with Gasteiger partial charge in [-0.1, -0.05) is 18.2 Å². The average molecular weight is 280 g/mol. The van der Waals surface area contributed by atoms with Gasteiger partial charge in [0, 0.05) is 42.1 Å². The maximum Gasteiger partial charge on any atom is 0.122 e. The summed E-state index contributed by atoms with van der Waals surface area (Å²) in [6.45, 7) is 0.809. The molecule has 1 aromatic carbocycles. The molecule has 0 spiro atoms. The zero-order chi connectivity index (χ0) is 14.2. The number of nitrogens with zero attached hydrogens (tertiary/aromatic N) is 2. The lowest BCUT2D eigenvalue weighted by molar-refractivity contribution is 0.443. The van der Waals surface area contributed by atoms with E-state index in [0.29, 0.717) is 6.04 Å². The Morgan fingerprint density at radius 1 is 1.38 bits per heavy atom. The molecule has 108 valence electrons. The highest BCUT2D eigenvalue weighted by Crippen LogP contribution is 2.34. The summed E-state index contributed by atoms with van der Waals surface area (Å²) in [6.07, 6.45) is 7.45. The van der Waals surface area contributed by atoms with Crippen molar-refractivity contribution in [1.29, 1.82) is 0 Å². The number of nitrogens with one attached hydrogen (secondary N) is 2. The molecule has 2 heterocycles. The lowest BCUT2D eigenvalue weighted by Gasteiger charge is -2.23. The first-order valence-electron chi connectivity index (χ1n) is 7.62.